The Morgan fingerprint density at radius 3 is 2.91 bits per heavy atom. The molecule has 118 valence electrons. The number of amides is 1. The smallest absolute Gasteiger partial charge is 0.321 e. The number of primary amides is 1. The first-order chi connectivity index (χ1) is 11.0. The number of ether oxygens (including phenoxy) is 1. The highest BCUT2D eigenvalue weighted by Crippen LogP contribution is 2.50. The summed E-state index contributed by atoms with van der Waals surface area (Å²) in [6, 6.07) is 7.72. The van der Waals surface area contributed by atoms with E-state index in [4.69, 9.17) is 10.5 Å². The third kappa shape index (κ3) is 2.08. The largest absolute Gasteiger partial charge is 0.468 e. The van der Waals surface area contributed by atoms with E-state index in [1.54, 1.807) is 6.20 Å². The van der Waals surface area contributed by atoms with Crippen LogP contribution in [0, 0.1) is 16.7 Å². The molecule has 0 saturated heterocycles. The molecule has 3 N–H and O–H groups in total. The highest BCUT2D eigenvalue weighted by molar-refractivity contribution is 6.03. The molecule has 0 aliphatic heterocycles. The summed E-state index contributed by atoms with van der Waals surface area (Å²) in [6.45, 7) is 0. The van der Waals surface area contributed by atoms with E-state index in [0.717, 1.165) is 22.9 Å². The van der Waals surface area contributed by atoms with Gasteiger partial charge in [0.25, 0.3) is 0 Å². The van der Waals surface area contributed by atoms with Crippen molar-refractivity contribution in [1.29, 1.82) is 5.26 Å². The van der Waals surface area contributed by atoms with Gasteiger partial charge in [-0.3, -0.25) is 9.59 Å². The van der Waals surface area contributed by atoms with Gasteiger partial charge in [0.05, 0.1) is 12.7 Å². The Bertz CT molecular complexity index is 833. The summed E-state index contributed by atoms with van der Waals surface area (Å²) in [6.07, 6.45) is 3.43. The summed E-state index contributed by atoms with van der Waals surface area (Å²) >= 11 is 0. The number of benzene rings is 1. The molecular weight excluding hydrogens is 294 g/mol. The number of H-pyrrole nitrogens is 1. The molecule has 2 atom stereocenters. The molecule has 1 aromatic heterocycles. The van der Waals surface area contributed by atoms with Crippen LogP contribution in [0.15, 0.2) is 24.4 Å². The molecule has 1 aliphatic carbocycles. The van der Waals surface area contributed by atoms with Crippen molar-refractivity contribution < 1.29 is 14.3 Å². The molecule has 23 heavy (non-hydrogen) atoms. The van der Waals surface area contributed by atoms with Crippen LogP contribution >= 0.6 is 0 Å². The second-order valence-corrected chi connectivity index (χ2v) is 5.89. The fraction of sp³-hybridized carbons (Fsp3) is 0.353. The van der Waals surface area contributed by atoms with Crippen molar-refractivity contribution in [2.75, 3.05) is 7.11 Å². The number of rotatable bonds is 3. The van der Waals surface area contributed by atoms with Gasteiger partial charge in [0, 0.05) is 23.0 Å². The van der Waals surface area contributed by atoms with Crippen LogP contribution in [-0.4, -0.2) is 24.0 Å². The van der Waals surface area contributed by atoms with Crippen LogP contribution in [0.2, 0.25) is 0 Å². The van der Waals surface area contributed by atoms with Crippen molar-refractivity contribution in [3.63, 3.8) is 0 Å². The van der Waals surface area contributed by atoms with Gasteiger partial charge in [-0.2, -0.15) is 5.26 Å². The number of nitrogens with one attached hydrogen (secondary N) is 1. The number of methoxy groups -OCH3 is 1. The van der Waals surface area contributed by atoms with Crippen LogP contribution in [0.5, 0.6) is 0 Å². The van der Waals surface area contributed by atoms with Crippen molar-refractivity contribution in [1.82, 2.24) is 4.98 Å². The molecule has 1 amide bonds. The van der Waals surface area contributed by atoms with Crippen molar-refractivity contribution in [2.45, 2.75) is 25.2 Å². The van der Waals surface area contributed by atoms with Crippen molar-refractivity contribution >= 4 is 22.8 Å². The maximum Gasteiger partial charge on any atom is 0.321 e. The Morgan fingerprint density at radius 1 is 1.48 bits per heavy atom. The van der Waals surface area contributed by atoms with Gasteiger partial charge in [0.2, 0.25) is 5.91 Å². The van der Waals surface area contributed by atoms with Gasteiger partial charge < -0.3 is 15.5 Å². The summed E-state index contributed by atoms with van der Waals surface area (Å²) in [4.78, 5) is 27.5. The fourth-order valence-electron chi connectivity index (χ4n) is 3.73. The molecule has 2 aromatic rings. The molecule has 2 unspecified atom stereocenters. The van der Waals surface area contributed by atoms with Crippen LogP contribution in [0.1, 0.15) is 36.3 Å². The normalized spacial score (nSPS) is 23.6. The van der Waals surface area contributed by atoms with E-state index in [2.05, 4.69) is 11.1 Å². The van der Waals surface area contributed by atoms with Gasteiger partial charge in [-0.25, -0.2) is 0 Å². The topological polar surface area (TPSA) is 109 Å². The number of nitriles is 1. The molecule has 0 radical (unpaired) electrons. The standard InChI is InChI=1S/C17H17N3O3/c1-23-16(22)17(15(19)21)6-2-3-13(17)10-4-5-14-12(7-10)11(8-18)9-20-14/h4-5,7,9,13,20H,2-3,6H2,1H3,(H2,19,21). The number of nitrogens with two attached hydrogens (primary N) is 1. The van der Waals surface area contributed by atoms with Gasteiger partial charge in [-0.05, 0) is 30.5 Å². The fourth-order valence-corrected chi connectivity index (χ4v) is 3.73. The summed E-state index contributed by atoms with van der Waals surface area (Å²) in [7, 11) is 1.27. The SMILES string of the molecule is COC(=O)C1(C(N)=O)CCCC1c1ccc2[nH]cc(C#N)c2c1. The first-order valence-corrected chi connectivity index (χ1v) is 7.44. The van der Waals surface area contributed by atoms with Crippen LogP contribution < -0.4 is 5.73 Å². The highest BCUT2D eigenvalue weighted by atomic mass is 16.5. The Hall–Kier alpha value is -2.81. The number of hydrogen-bond acceptors (Lipinski definition) is 4. The van der Waals surface area contributed by atoms with Gasteiger partial charge in [-0.1, -0.05) is 12.5 Å². The van der Waals surface area contributed by atoms with Gasteiger partial charge >= 0.3 is 5.97 Å². The minimum atomic E-state index is -1.33. The summed E-state index contributed by atoms with van der Waals surface area (Å²) in [5.74, 6) is -1.57. The molecule has 0 bridgehead atoms. The Labute approximate surface area is 133 Å². The molecule has 0 spiro atoms. The molecule has 1 fully saturated rings. The molecule has 1 aliphatic rings. The molecule has 3 rings (SSSR count). The molecule has 6 nitrogen and oxygen atoms in total. The molecule has 1 saturated carbocycles. The number of nitrogens with zero attached hydrogens (tertiary/aromatic N) is 1. The maximum absolute atomic E-state index is 12.3. The highest BCUT2D eigenvalue weighted by Gasteiger charge is 2.55. The average Bonchev–Trinajstić information content (AvgIpc) is 3.17. The number of hydrogen-bond donors (Lipinski definition) is 2. The number of aromatic nitrogens is 1. The van der Waals surface area contributed by atoms with Crippen molar-refractivity contribution in [3.05, 3.63) is 35.5 Å². The first kappa shape index (κ1) is 15.1. The van der Waals surface area contributed by atoms with E-state index in [0.29, 0.717) is 18.4 Å². The lowest BCUT2D eigenvalue weighted by Crippen LogP contribution is -2.46. The quantitative estimate of drug-likeness (QED) is 0.667. The average molecular weight is 311 g/mol. The van der Waals surface area contributed by atoms with Crippen molar-refractivity contribution in [3.8, 4) is 6.07 Å². The third-order valence-corrected chi connectivity index (χ3v) is 4.88. The minimum Gasteiger partial charge on any atom is -0.468 e. The molecule has 1 aromatic carbocycles. The Balaban J connectivity index is 2.14. The van der Waals surface area contributed by atoms with Crippen LogP contribution in [0.3, 0.4) is 0 Å². The van der Waals surface area contributed by atoms with E-state index in [9.17, 15) is 14.9 Å². The molecule has 6 heteroatoms. The predicted molar refractivity (Wildman–Crippen MR) is 83.2 cm³/mol. The zero-order chi connectivity index (χ0) is 16.6. The monoisotopic (exact) mass is 311 g/mol. The number of fused-ring (bicyclic) bond motifs is 1. The lowest BCUT2D eigenvalue weighted by molar-refractivity contribution is -0.158. The zero-order valence-corrected chi connectivity index (χ0v) is 12.8. The van der Waals surface area contributed by atoms with Crippen LogP contribution in [0.4, 0.5) is 0 Å². The van der Waals surface area contributed by atoms with E-state index in [1.165, 1.54) is 7.11 Å². The van der Waals surface area contributed by atoms with E-state index < -0.39 is 17.3 Å². The second-order valence-electron chi connectivity index (χ2n) is 5.89. The van der Waals surface area contributed by atoms with E-state index in [1.807, 2.05) is 18.2 Å². The number of aromatic amines is 1. The minimum absolute atomic E-state index is 0.335. The lowest BCUT2D eigenvalue weighted by atomic mass is 9.73. The predicted octanol–water partition coefficient (Wildman–Crippen LogP) is 1.95. The first-order valence-electron chi connectivity index (χ1n) is 7.44. The number of carbonyl (C=O) groups excluding carboxylic acids is 2. The van der Waals surface area contributed by atoms with E-state index >= 15 is 0 Å². The lowest BCUT2D eigenvalue weighted by Gasteiger charge is -2.29. The third-order valence-electron chi connectivity index (χ3n) is 4.88. The van der Waals surface area contributed by atoms with Gasteiger partial charge in [0.1, 0.15) is 6.07 Å². The summed E-state index contributed by atoms with van der Waals surface area (Å²) < 4.78 is 4.87. The summed E-state index contributed by atoms with van der Waals surface area (Å²) in [5.41, 5.74) is 6.46. The van der Waals surface area contributed by atoms with Crippen LogP contribution in [0.25, 0.3) is 10.9 Å². The van der Waals surface area contributed by atoms with Gasteiger partial charge in [0.15, 0.2) is 5.41 Å². The van der Waals surface area contributed by atoms with Crippen LogP contribution in [-0.2, 0) is 14.3 Å². The van der Waals surface area contributed by atoms with Crippen molar-refractivity contribution in [2.24, 2.45) is 11.1 Å². The van der Waals surface area contributed by atoms with E-state index in [-0.39, 0.29) is 5.92 Å². The number of esters is 1. The summed E-state index contributed by atoms with van der Waals surface area (Å²) in [5, 5.41) is 9.96. The number of carbonyl (C=O) groups is 2. The Kier molecular flexibility index (Phi) is 3.57. The Morgan fingerprint density at radius 2 is 2.26 bits per heavy atom. The molecule has 1 heterocycles. The maximum atomic E-state index is 12.3. The zero-order valence-electron chi connectivity index (χ0n) is 12.8. The second kappa shape index (κ2) is 5.43. The molecular formula is C17H17N3O3. The van der Waals surface area contributed by atoms with Gasteiger partial charge in [-0.15, -0.1) is 0 Å².